The van der Waals surface area contributed by atoms with Crippen LogP contribution in [0.1, 0.15) is 46.6 Å². The molecule has 0 spiro atoms. The van der Waals surface area contributed by atoms with Crippen molar-refractivity contribution < 1.29 is 4.79 Å². The third-order valence-corrected chi connectivity index (χ3v) is 5.58. The van der Waals surface area contributed by atoms with Gasteiger partial charge in [0.15, 0.2) is 0 Å². The molecule has 3 aromatic rings. The Labute approximate surface area is 145 Å². The number of rotatable bonds is 2. The maximum absolute atomic E-state index is 13.0. The first-order chi connectivity index (χ1) is 11.6. The second-order valence-electron chi connectivity index (χ2n) is 6.75. The minimum atomic E-state index is 0.0438. The molecule has 2 aromatic heterocycles. The second kappa shape index (κ2) is 5.74. The molecule has 1 amide bonds. The van der Waals surface area contributed by atoms with Gasteiger partial charge in [0.05, 0.1) is 11.0 Å². The maximum Gasteiger partial charge on any atom is 0.273 e. The molecule has 0 aliphatic carbocycles. The number of H-pyrrole nitrogens is 1. The van der Waals surface area contributed by atoms with E-state index in [2.05, 4.69) is 48.1 Å². The summed E-state index contributed by atoms with van der Waals surface area (Å²) in [7, 11) is 0. The molecule has 1 atom stereocenters. The van der Waals surface area contributed by atoms with Gasteiger partial charge in [-0.05, 0) is 30.9 Å². The van der Waals surface area contributed by atoms with Gasteiger partial charge in [-0.3, -0.25) is 4.79 Å². The number of thiazole rings is 1. The molecule has 0 saturated carbocycles. The molecule has 1 aliphatic heterocycles. The standard InChI is InChI=1S/C19H21N3OS/c1-11(2)18-17-14(13-6-4-5-7-15(13)21-17)8-9-22(18)19(23)16-10-24-12(3)20-16/h4-7,10-11,18,21H,8-9H2,1-3H3. The van der Waals surface area contributed by atoms with Crippen LogP contribution in [-0.2, 0) is 6.42 Å². The van der Waals surface area contributed by atoms with Crippen LogP contribution in [0.4, 0.5) is 0 Å². The van der Waals surface area contributed by atoms with Gasteiger partial charge < -0.3 is 9.88 Å². The highest BCUT2D eigenvalue weighted by molar-refractivity contribution is 7.09. The fraction of sp³-hybridized carbons (Fsp3) is 0.368. The normalized spacial score (nSPS) is 17.5. The van der Waals surface area contributed by atoms with Crippen LogP contribution in [0.15, 0.2) is 29.6 Å². The van der Waals surface area contributed by atoms with Gasteiger partial charge in [0.25, 0.3) is 5.91 Å². The number of nitrogens with one attached hydrogen (secondary N) is 1. The van der Waals surface area contributed by atoms with Gasteiger partial charge in [-0.1, -0.05) is 32.0 Å². The van der Waals surface area contributed by atoms with Crippen molar-refractivity contribution in [2.45, 2.75) is 33.2 Å². The molecule has 4 nitrogen and oxygen atoms in total. The van der Waals surface area contributed by atoms with Crippen molar-refractivity contribution in [3.63, 3.8) is 0 Å². The zero-order valence-corrected chi connectivity index (χ0v) is 15.0. The number of benzene rings is 1. The van der Waals surface area contributed by atoms with E-state index in [0.717, 1.165) is 23.5 Å². The molecule has 1 aliphatic rings. The summed E-state index contributed by atoms with van der Waals surface area (Å²) in [5.41, 5.74) is 4.29. The van der Waals surface area contributed by atoms with Crippen molar-refractivity contribution in [1.29, 1.82) is 0 Å². The van der Waals surface area contributed by atoms with E-state index < -0.39 is 0 Å². The fourth-order valence-corrected chi connectivity index (χ4v) is 4.39. The minimum absolute atomic E-state index is 0.0438. The number of amides is 1. The van der Waals surface area contributed by atoms with Gasteiger partial charge >= 0.3 is 0 Å². The monoisotopic (exact) mass is 339 g/mol. The molecular formula is C19H21N3OS. The van der Waals surface area contributed by atoms with E-state index in [1.807, 2.05) is 17.2 Å². The molecule has 124 valence electrons. The van der Waals surface area contributed by atoms with Crippen LogP contribution in [0.3, 0.4) is 0 Å². The van der Waals surface area contributed by atoms with E-state index in [1.165, 1.54) is 28.0 Å². The topological polar surface area (TPSA) is 49.0 Å². The average Bonchev–Trinajstić information content (AvgIpc) is 3.16. The summed E-state index contributed by atoms with van der Waals surface area (Å²) < 4.78 is 0. The highest BCUT2D eigenvalue weighted by atomic mass is 32.1. The SMILES string of the molecule is Cc1nc(C(=O)N2CCc3c([nH]c4ccccc34)C2C(C)C)cs1. The lowest BCUT2D eigenvalue weighted by atomic mass is 9.90. The molecule has 1 aromatic carbocycles. The van der Waals surface area contributed by atoms with Gasteiger partial charge in [-0.2, -0.15) is 0 Å². The summed E-state index contributed by atoms with van der Waals surface area (Å²) in [6, 6.07) is 8.48. The third kappa shape index (κ3) is 2.35. The number of hydrogen-bond acceptors (Lipinski definition) is 3. The van der Waals surface area contributed by atoms with E-state index in [-0.39, 0.29) is 11.9 Å². The minimum Gasteiger partial charge on any atom is -0.356 e. The molecule has 5 heteroatoms. The Kier molecular flexibility index (Phi) is 3.68. The number of carbonyl (C=O) groups is 1. The van der Waals surface area contributed by atoms with Crippen LogP contribution >= 0.6 is 11.3 Å². The predicted octanol–water partition coefficient (Wildman–Crippen LogP) is 4.33. The summed E-state index contributed by atoms with van der Waals surface area (Å²) in [5.74, 6) is 0.378. The fourth-order valence-electron chi connectivity index (χ4n) is 3.80. The lowest BCUT2D eigenvalue weighted by molar-refractivity contribution is 0.0593. The van der Waals surface area contributed by atoms with Crippen LogP contribution in [0.2, 0.25) is 0 Å². The van der Waals surface area contributed by atoms with E-state index in [0.29, 0.717) is 11.6 Å². The molecule has 0 bridgehead atoms. The zero-order valence-electron chi connectivity index (χ0n) is 14.2. The van der Waals surface area contributed by atoms with Crippen LogP contribution in [0.25, 0.3) is 10.9 Å². The third-order valence-electron chi connectivity index (χ3n) is 4.81. The van der Waals surface area contributed by atoms with E-state index in [1.54, 1.807) is 0 Å². The Morgan fingerprint density at radius 2 is 2.17 bits per heavy atom. The highest BCUT2D eigenvalue weighted by Crippen LogP contribution is 2.39. The molecule has 1 N–H and O–H groups in total. The molecule has 1 unspecified atom stereocenters. The van der Waals surface area contributed by atoms with Gasteiger partial charge in [-0.25, -0.2) is 4.98 Å². The average molecular weight is 339 g/mol. The number of aryl methyl sites for hydroxylation is 1. The number of hydrogen-bond donors (Lipinski definition) is 1. The molecule has 0 radical (unpaired) electrons. The van der Waals surface area contributed by atoms with Gasteiger partial charge in [0.2, 0.25) is 0 Å². The number of para-hydroxylation sites is 1. The van der Waals surface area contributed by atoms with Crippen molar-refractivity contribution in [3.05, 3.63) is 51.6 Å². The summed E-state index contributed by atoms with van der Waals surface area (Å²) in [6.45, 7) is 7.04. The first-order valence-electron chi connectivity index (χ1n) is 8.39. The first-order valence-corrected chi connectivity index (χ1v) is 9.27. The lowest BCUT2D eigenvalue weighted by Crippen LogP contribution is -2.42. The number of carbonyl (C=O) groups excluding carboxylic acids is 1. The smallest absolute Gasteiger partial charge is 0.273 e. The van der Waals surface area contributed by atoms with Crippen molar-refractivity contribution in [1.82, 2.24) is 14.9 Å². The molecule has 24 heavy (non-hydrogen) atoms. The second-order valence-corrected chi connectivity index (χ2v) is 7.81. The molecule has 0 saturated heterocycles. The summed E-state index contributed by atoms with van der Waals surface area (Å²) in [5, 5.41) is 4.09. The predicted molar refractivity (Wildman–Crippen MR) is 97.5 cm³/mol. The van der Waals surface area contributed by atoms with Gasteiger partial charge in [-0.15, -0.1) is 11.3 Å². The molecule has 3 heterocycles. The lowest BCUT2D eigenvalue weighted by Gasteiger charge is -2.38. The Morgan fingerprint density at radius 1 is 1.38 bits per heavy atom. The Bertz CT molecular complexity index is 908. The maximum atomic E-state index is 13.0. The van der Waals surface area contributed by atoms with Crippen molar-refractivity contribution in [2.24, 2.45) is 5.92 Å². The van der Waals surface area contributed by atoms with Gasteiger partial charge in [0.1, 0.15) is 5.69 Å². The summed E-state index contributed by atoms with van der Waals surface area (Å²) in [6.07, 6.45) is 0.886. The van der Waals surface area contributed by atoms with Crippen LogP contribution in [0, 0.1) is 12.8 Å². The molecule has 4 rings (SSSR count). The largest absolute Gasteiger partial charge is 0.356 e. The first kappa shape index (κ1) is 15.4. The summed E-state index contributed by atoms with van der Waals surface area (Å²) in [4.78, 5) is 23.0. The quantitative estimate of drug-likeness (QED) is 0.755. The Balaban J connectivity index is 1.79. The molecular weight excluding hydrogens is 318 g/mol. The number of fused-ring (bicyclic) bond motifs is 3. The van der Waals surface area contributed by atoms with Crippen LogP contribution < -0.4 is 0 Å². The zero-order chi connectivity index (χ0) is 16.8. The molecule has 0 fully saturated rings. The number of aromatic nitrogens is 2. The van der Waals surface area contributed by atoms with E-state index >= 15 is 0 Å². The van der Waals surface area contributed by atoms with Crippen molar-refractivity contribution >= 4 is 28.1 Å². The van der Waals surface area contributed by atoms with Crippen molar-refractivity contribution in [3.8, 4) is 0 Å². The van der Waals surface area contributed by atoms with Gasteiger partial charge in [0, 0.05) is 28.5 Å². The van der Waals surface area contributed by atoms with Crippen molar-refractivity contribution in [2.75, 3.05) is 6.54 Å². The van der Waals surface area contributed by atoms with Crippen LogP contribution in [-0.4, -0.2) is 27.3 Å². The van der Waals surface area contributed by atoms with E-state index in [4.69, 9.17) is 0 Å². The number of nitrogens with zero attached hydrogens (tertiary/aromatic N) is 2. The Hall–Kier alpha value is -2.14. The Morgan fingerprint density at radius 3 is 2.88 bits per heavy atom. The van der Waals surface area contributed by atoms with E-state index in [9.17, 15) is 4.79 Å². The summed E-state index contributed by atoms with van der Waals surface area (Å²) >= 11 is 1.53. The highest BCUT2D eigenvalue weighted by Gasteiger charge is 2.36. The number of aromatic amines is 1. The van der Waals surface area contributed by atoms with Crippen LogP contribution in [0.5, 0.6) is 0 Å².